The van der Waals surface area contributed by atoms with Crippen molar-refractivity contribution in [2.24, 2.45) is 0 Å². The second-order valence-electron chi connectivity index (χ2n) is 3.70. The Balaban J connectivity index is 2.49. The zero-order chi connectivity index (χ0) is 12.4. The van der Waals surface area contributed by atoms with Gasteiger partial charge in [-0.25, -0.2) is 4.79 Å². The van der Waals surface area contributed by atoms with Crippen LogP contribution in [0.15, 0.2) is 24.3 Å². The molecule has 0 aliphatic carbocycles. The zero-order valence-corrected chi connectivity index (χ0v) is 9.97. The SMILES string of the molecule is COC(=O)c1nn(-c2ccccc2C)nc1C. The topological polar surface area (TPSA) is 57.0 Å². The predicted molar refractivity (Wildman–Crippen MR) is 62.2 cm³/mol. The fourth-order valence-electron chi connectivity index (χ4n) is 1.56. The fourth-order valence-corrected chi connectivity index (χ4v) is 1.56. The van der Waals surface area contributed by atoms with Crippen molar-refractivity contribution >= 4 is 5.97 Å². The van der Waals surface area contributed by atoms with E-state index >= 15 is 0 Å². The first-order valence-electron chi connectivity index (χ1n) is 5.21. The molecule has 0 fully saturated rings. The average Bonchev–Trinajstić information content (AvgIpc) is 2.71. The van der Waals surface area contributed by atoms with Crippen molar-refractivity contribution in [2.75, 3.05) is 7.11 Å². The van der Waals surface area contributed by atoms with Gasteiger partial charge >= 0.3 is 5.97 Å². The van der Waals surface area contributed by atoms with Crippen LogP contribution < -0.4 is 0 Å². The van der Waals surface area contributed by atoms with Gasteiger partial charge in [-0.05, 0) is 25.5 Å². The van der Waals surface area contributed by atoms with Gasteiger partial charge in [0.2, 0.25) is 0 Å². The molecule has 1 aromatic carbocycles. The number of carbonyl (C=O) groups excluding carboxylic acids is 1. The Bertz CT molecular complexity index is 561. The van der Waals surface area contributed by atoms with E-state index in [1.165, 1.54) is 11.9 Å². The molecule has 0 aliphatic rings. The molecule has 0 spiro atoms. The molecule has 0 atom stereocenters. The lowest BCUT2D eigenvalue weighted by atomic mass is 10.2. The molecule has 88 valence electrons. The van der Waals surface area contributed by atoms with Crippen molar-refractivity contribution in [3.8, 4) is 5.69 Å². The van der Waals surface area contributed by atoms with Crippen molar-refractivity contribution in [3.63, 3.8) is 0 Å². The third-order valence-corrected chi connectivity index (χ3v) is 2.49. The molecule has 17 heavy (non-hydrogen) atoms. The van der Waals surface area contributed by atoms with E-state index in [4.69, 9.17) is 0 Å². The normalized spacial score (nSPS) is 10.3. The Kier molecular flexibility index (Phi) is 2.91. The summed E-state index contributed by atoms with van der Waals surface area (Å²) in [6.07, 6.45) is 0. The molecule has 0 saturated heterocycles. The minimum atomic E-state index is -0.470. The summed E-state index contributed by atoms with van der Waals surface area (Å²) in [5, 5.41) is 8.36. The highest BCUT2D eigenvalue weighted by Crippen LogP contribution is 2.13. The van der Waals surface area contributed by atoms with Crippen LogP contribution in [0.3, 0.4) is 0 Å². The highest BCUT2D eigenvalue weighted by atomic mass is 16.5. The van der Waals surface area contributed by atoms with E-state index in [1.807, 2.05) is 31.2 Å². The Morgan fingerprint density at radius 3 is 2.59 bits per heavy atom. The molecule has 0 unspecified atom stereocenters. The Morgan fingerprint density at radius 1 is 1.24 bits per heavy atom. The van der Waals surface area contributed by atoms with Crippen LogP contribution in [-0.2, 0) is 4.74 Å². The summed E-state index contributed by atoms with van der Waals surface area (Å²) in [4.78, 5) is 12.9. The van der Waals surface area contributed by atoms with Gasteiger partial charge in [-0.1, -0.05) is 18.2 Å². The number of hydrogen-bond acceptors (Lipinski definition) is 4. The molecule has 0 saturated carbocycles. The molecule has 0 N–H and O–H groups in total. The van der Waals surface area contributed by atoms with Gasteiger partial charge in [-0.2, -0.15) is 9.90 Å². The predicted octanol–water partition coefficient (Wildman–Crippen LogP) is 1.67. The van der Waals surface area contributed by atoms with Crippen LogP contribution in [0.1, 0.15) is 21.7 Å². The van der Waals surface area contributed by atoms with Gasteiger partial charge in [0, 0.05) is 0 Å². The highest BCUT2D eigenvalue weighted by molar-refractivity contribution is 5.88. The summed E-state index contributed by atoms with van der Waals surface area (Å²) in [7, 11) is 1.33. The van der Waals surface area contributed by atoms with Gasteiger partial charge in [0.15, 0.2) is 5.69 Å². The monoisotopic (exact) mass is 231 g/mol. The number of rotatable bonds is 2. The zero-order valence-electron chi connectivity index (χ0n) is 9.97. The van der Waals surface area contributed by atoms with Crippen molar-refractivity contribution in [3.05, 3.63) is 41.2 Å². The number of para-hydroxylation sites is 1. The molecule has 0 aliphatic heterocycles. The minimum absolute atomic E-state index is 0.246. The molecule has 5 nitrogen and oxygen atoms in total. The van der Waals surface area contributed by atoms with Crippen molar-refractivity contribution in [2.45, 2.75) is 13.8 Å². The summed E-state index contributed by atoms with van der Waals surface area (Å²) in [6, 6.07) is 7.71. The third-order valence-electron chi connectivity index (χ3n) is 2.49. The van der Waals surface area contributed by atoms with E-state index in [0.29, 0.717) is 5.69 Å². The number of carbonyl (C=O) groups is 1. The van der Waals surface area contributed by atoms with Crippen LogP contribution in [0.25, 0.3) is 5.69 Å². The van der Waals surface area contributed by atoms with Crippen LogP contribution in [0, 0.1) is 13.8 Å². The first kappa shape index (κ1) is 11.3. The maximum Gasteiger partial charge on any atom is 0.360 e. The second-order valence-corrected chi connectivity index (χ2v) is 3.70. The number of aryl methyl sites for hydroxylation is 2. The van der Waals surface area contributed by atoms with Crippen molar-refractivity contribution in [1.82, 2.24) is 15.0 Å². The van der Waals surface area contributed by atoms with Gasteiger partial charge in [-0.15, -0.1) is 5.10 Å². The summed E-state index contributed by atoms with van der Waals surface area (Å²) in [5.74, 6) is -0.470. The smallest absolute Gasteiger partial charge is 0.360 e. The third kappa shape index (κ3) is 2.04. The number of esters is 1. The summed E-state index contributed by atoms with van der Waals surface area (Å²) in [6.45, 7) is 3.69. The van der Waals surface area contributed by atoms with Gasteiger partial charge < -0.3 is 4.74 Å². The van der Waals surface area contributed by atoms with Gasteiger partial charge in [0.1, 0.15) is 0 Å². The molecular weight excluding hydrogens is 218 g/mol. The lowest BCUT2D eigenvalue weighted by molar-refractivity contribution is 0.0592. The van der Waals surface area contributed by atoms with E-state index in [-0.39, 0.29) is 5.69 Å². The standard InChI is InChI=1S/C12H13N3O2/c1-8-6-4-5-7-10(8)15-13-9(2)11(14-15)12(16)17-3/h4-7H,1-3H3. The first-order valence-corrected chi connectivity index (χ1v) is 5.21. The molecule has 1 aromatic heterocycles. The van der Waals surface area contributed by atoms with E-state index in [0.717, 1.165) is 11.3 Å². The summed E-state index contributed by atoms with van der Waals surface area (Å²) in [5.41, 5.74) is 2.69. The fraction of sp³-hybridized carbons (Fsp3) is 0.250. The van der Waals surface area contributed by atoms with Crippen molar-refractivity contribution in [1.29, 1.82) is 0 Å². The molecule has 0 amide bonds. The largest absolute Gasteiger partial charge is 0.464 e. The lowest BCUT2D eigenvalue weighted by Crippen LogP contribution is -2.05. The first-order chi connectivity index (χ1) is 8.13. The van der Waals surface area contributed by atoms with Crippen molar-refractivity contribution < 1.29 is 9.53 Å². The molecule has 5 heteroatoms. The van der Waals surface area contributed by atoms with Crippen LogP contribution in [0.2, 0.25) is 0 Å². The molecule has 2 aromatic rings. The van der Waals surface area contributed by atoms with Crippen LogP contribution >= 0.6 is 0 Å². The number of aromatic nitrogens is 3. The van der Waals surface area contributed by atoms with Crippen LogP contribution in [-0.4, -0.2) is 28.1 Å². The minimum Gasteiger partial charge on any atom is -0.464 e. The Hall–Kier alpha value is -2.17. The van der Waals surface area contributed by atoms with Gasteiger partial charge in [0.05, 0.1) is 18.5 Å². The van der Waals surface area contributed by atoms with Crippen LogP contribution in [0.4, 0.5) is 0 Å². The number of ether oxygens (including phenoxy) is 1. The maximum atomic E-state index is 11.4. The van der Waals surface area contributed by atoms with Crippen LogP contribution in [0.5, 0.6) is 0 Å². The average molecular weight is 231 g/mol. The van der Waals surface area contributed by atoms with Gasteiger partial charge in [-0.3, -0.25) is 0 Å². The molecule has 0 bridgehead atoms. The number of hydrogen-bond donors (Lipinski definition) is 0. The van der Waals surface area contributed by atoms with E-state index in [9.17, 15) is 4.79 Å². The number of methoxy groups -OCH3 is 1. The lowest BCUT2D eigenvalue weighted by Gasteiger charge is -2.02. The Labute approximate surface area is 99.0 Å². The number of nitrogens with zero attached hydrogens (tertiary/aromatic N) is 3. The van der Waals surface area contributed by atoms with E-state index < -0.39 is 5.97 Å². The molecule has 0 radical (unpaired) electrons. The molecular formula is C12H13N3O2. The molecule has 1 heterocycles. The molecule has 2 rings (SSSR count). The Morgan fingerprint density at radius 2 is 1.94 bits per heavy atom. The van der Waals surface area contributed by atoms with Gasteiger partial charge in [0.25, 0.3) is 0 Å². The maximum absolute atomic E-state index is 11.4. The second kappa shape index (κ2) is 4.37. The number of benzene rings is 1. The quantitative estimate of drug-likeness (QED) is 0.738. The van der Waals surface area contributed by atoms with E-state index in [2.05, 4.69) is 14.9 Å². The highest BCUT2D eigenvalue weighted by Gasteiger charge is 2.16. The van der Waals surface area contributed by atoms with E-state index in [1.54, 1.807) is 6.92 Å². The summed E-state index contributed by atoms with van der Waals surface area (Å²) < 4.78 is 4.64. The summed E-state index contributed by atoms with van der Waals surface area (Å²) >= 11 is 0.